The van der Waals surface area contributed by atoms with Crippen molar-refractivity contribution in [1.82, 2.24) is 19.9 Å². The van der Waals surface area contributed by atoms with Gasteiger partial charge < -0.3 is 15.1 Å². The molecule has 37 heavy (non-hydrogen) atoms. The van der Waals surface area contributed by atoms with E-state index in [4.69, 9.17) is 0 Å². The van der Waals surface area contributed by atoms with Gasteiger partial charge in [0, 0.05) is 53.6 Å². The van der Waals surface area contributed by atoms with Crippen molar-refractivity contribution in [1.29, 1.82) is 0 Å². The van der Waals surface area contributed by atoms with Gasteiger partial charge >= 0.3 is 0 Å². The number of likely N-dealkylation sites (tertiary alicyclic amines) is 1. The second-order valence-corrected chi connectivity index (χ2v) is 11.6. The molecular weight excluding hydrogens is 460 g/mol. The van der Waals surface area contributed by atoms with Gasteiger partial charge in [-0.05, 0) is 56.0 Å². The fraction of sp³-hybridized carbons (Fsp3) is 0.452. The van der Waals surface area contributed by atoms with Crippen molar-refractivity contribution in [2.75, 3.05) is 20.1 Å². The monoisotopic (exact) mass is 496 g/mol. The molecule has 6 nitrogen and oxygen atoms in total. The molecule has 192 valence electrons. The van der Waals surface area contributed by atoms with E-state index in [-0.39, 0.29) is 5.41 Å². The van der Waals surface area contributed by atoms with Gasteiger partial charge in [-0.1, -0.05) is 56.9 Å². The Labute approximate surface area is 219 Å². The zero-order valence-corrected chi connectivity index (χ0v) is 22.4. The molecule has 3 heterocycles. The summed E-state index contributed by atoms with van der Waals surface area (Å²) in [4.78, 5) is 15.3. The summed E-state index contributed by atoms with van der Waals surface area (Å²) in [5.41, 5.74) is 1.79. The number of pyridine rings is 1. The van der Waals surface area contributed by atoms with Crippen LogP contribution in [0, 0.1) is 17.3 Å². The number of aromatic nitrogens is 3. The van der Waals surface area contributed by atoms with Crippen molar-refractivity contribution in [2.24, 2.45) is 5.41 Å². The van der Waals surface area contributed by atoms with Crippen LogP contribution in [0.15, 0.2) is 55.1 Å². The lowest BCUT2D eigenvalue weighted by Gasteiger charge is -2.55. The summed E-state index contributed by atoms with van der Waals surface area (Å²) in [6.07, 6.45) is 7.15. The lowest BCUT2D eigenvalue weighted by atomic mass is 9.62. The van der Waals surface area contributed by atoms with Gasteiger partial charge in [0.2, 0.25) is 0 Å². The average Bonchev–Trinajstić information content (AvgIpc) is 3.72. The van der Waals surface area contributed by atoms with Gasteiger partial charge in [0.25, 0.3) is 0 Å². The van der Waals surface area contributed by atoms with E-state index in [0.717, 1.165) is 37.2 Å². The van der Waals surface area contributed by atoms with Crippen molar-refractivity contribution < 1.29 is 10.2 Å². The van der Waals surface area contributed by atoms with Crippen molar-refractivity contribution in [3.63, 3.8) is 0 Å². The smallest absolute Gasteiger partial charge is 0.165 e. The number of aliphatic hydroxyl groups is 2. The molecule has 0 amide bonds. The van der Waals surface area contributed by atoms with E-state index in [9.17, 15) is 10.2 Å². The Morgan fingerprint density at radius 1 is 1.03 bits per heavy atom. The van der Waals surface area contributed by atoms with Crippen molar-refractivity contribution in [2.45, 2.75) is 63.6 Å². The zero-order valence-electron chi connectivity index (χ0n) is 22.4. The third-order valence-corrected chi connectivity index (χ3v) is 7.90. The van der Waals surface area contributed by atoms with Crippen LogP contribution in [0.25, 0.3) is 0 Å². The van der Waals surface area contributed by atoms with Crippen LogP contribution in [0.4, 0.5) is 0 Å². The second-order valence-electron chi connectivity index (χ2n) is 11.6. The molecule has 2 unspecified atom stereocenters. The standard InChI is InChI=1S/C31H36N4O2/c1-21(2)23-8-10-25(11-9-23)31(37,29(3)18-35(5)19-29)26-14-22(16-32-17-26)12-13-30(4,36)28-15-27(24-6-7-24)33-20-34-28/h8-11,14-17,20-21,24,36-37H,6-7,18-19H2,1-5H3. The highest BCUT2D eigenvalue weighted by atomic mass is 16.3. The molecule has 1 saturated carbocycles. The summed E-state index contributed by atoms with van der Waals surface area (Å²) in [5, 5.41) is 23.5. The van der Waals surface area contributed by atoms with E-state index in [1.54, 1.807) is 19.3 Å². The minimum Gasteiger partial charge on any atom is -0.380 e. The molecule has 2 aromatic heterocycles. The highest BCUT2D eigenvalue weighted by Crippen LogP contribution is 2.50. The van der Waals surface area contributed by atoms with Crippen molar-refractivity contribution in [3.05, 3.63) is 88.8 Å². The lowest BCUT2D eigenvalue weighted by molar-refractivity contribution is -0.127. The minimum atomic E-state index is -1.44. The van der Waals surface area contributed by atoms with Crippen LogP contribution >= 0.6 is 0 Å². The fourth-order valence-electron chi connectivity index (χ4n) is 5.55. The van der Waals surface area contributed by atoms with E-state index in [1.807, 2.05) is 24.3 Å². The summed E-state index contributed by atoms with van der Waals surface area (Å²) in [6, 6.07) is 12.0. The summed E-state index contributed by atoms with van der Waals surface area (Å²) in [7, 11) is 2.06. The van der Waals surface area contributed by atoms with E-state index >= 15 is 0 Å². The first kappa shape index (κ1) is 25.5. The van der Waals surface area contributed by atoms with Crippen LogP contribution in [0.1, 0.15) is 86.0 Å². The Morgan fingerprint density at radius 3 is 2.35 bits per heavy atom. The Morgan fingerprint density at radius 2 is 1.73 bits per heavy atom. The van der Waals surface area contributed by atoms with Gasteiger partial charge in [0.1, 0.15) is 11.9 Å². The SMILES string of the molecule is CC(C)c1ccc(C(O)(c2cncc(C#CC(C)(O)c3cc(C4CC4)ncn3)c2)C2(C)CN(C)C2)cc1. The quantitative estimate of drug-likeness (QED) is 0.495. The maximum Gasteiger partial charge on any atom is 0.165 e. The van der Waals surface area contributed by atoms with Gasteiger partial charge in [-0.3, -0.25) is 4.98 Å². The summed E-state index contributed by atoms with van der Waals surface area (Å²) in [6.45, 7) is 9.62. The Balaban J connectivity index is 1.50. The van der Waals surface area contributed by atoms with Crippen LogP contribution in [0.5, 0.6) is 0 Å². The van der Waals surface area contributed by atoms with Gasteiger partial charge in [-0.25, -0.2) is 9.97 Å². The van der Waals surface area contributed by atoms with E-state index < -0.39 is 11.2 Å². The molecule has 2 N–H and O–H groups in total. The third-order valence-electron chi connectivity index (χ3n) is 7.90. The summed E-state index contributed by atoms with van der Waals surface area (Å²) >= 11 is 0. The van der Waals surface area contributed by atoms with Crippen molar-refractivity contribution >= 4 is 0 Å². The first-order valence-corrected chi connectivity index (χ1v) is 13.1. The molecule has 1 saturated heterocycles. The van der Waals surface area contributed by atoms with Crippen LogP contribution in [-0.2, 0) is 11.2 Å². The Bertz CT molecular complexity index is 1350. The second kappa shape index (κ2) is 9.33. The molecule has 2 aliphatic rings. The first-order chi connectivity index (χ1) is 17.5. The van der Waals surface area contributed by atoms with E-state index in [1.165, 1.54) is 11.9 Å². The molecule has 2 atom stereocenters. The third kappa shape index (κ3) is 4.80. The number of hydrogen-bond acceptors (Lipinski definition) is 6. The average molecular weight is 497 g/mol. The van der Waals surface area contributed by atoms with Gasteiger partial charge in [0.15, 0.2) is 5.60 Å². The highest BCUT2D eigenvalue weighted by molar-refractivity contribution is 5.45. The fourth-order valence-corrected chi connectivity index (χ4v) is 5.55. The van der Waals surface area contributed by atoms with Gasteiger partial charge in [-0.2, -0.15) is 0 Å². The molecule has 3 aromatic rings. The van der Waals surface area contributed by atoms with Crippen LogP contribution < -0.4 is 0 Å². The molecule has 2 fully saturated rings. The van der Waals surface area contributed by atoms with Crippen molar-refractivity contribution in [3.8, 4) is 11.8 Å². The van der Waals surface area contributed by atoms with Gasteiger partial charge in [0.05, 0.1) is 5.69 Å². The maximum atomic E-state index is 12.4. The Kier molecular flexibility index (Phi) is 6.44. The first-order valence-electron chi connectivity index (χ1n) is 13.1. The molecule has 0 bridgehead atoms. The minimum absolute atomic E-state index is 0.388. The molecule has 5 rings (SSSR count). The highest BCUT2D eigenvalue weighted by Gasteiger charge is 2.55. The zero-order chi connectivity index (χ0) is 26.4. The normalized spacial score (nSPS) is 20.3. The number of benzene rings is 1. The number of nitrogens with zero attached hydrogens (tertiary/aromatic N) is 4. The molecular formula is C31H36N4O2. The molecule has 6 heteroatoms. The van der Waals surface area contributed by atoms with Crippen LogP contribution in [-0.4, -0.2) is 50.2 Å². The Hall–Kier alpha value is -3.11. The number of hydrogen-bond donors (Lipinski definition) is 2. The molecule has 1 aromatic carbocycles. The summed E-state index contributed by atoms with van der Waals surface area (Å²) < 4.78 is 0. The largest absolute Gasteiger partial charge is 0.380 e. The van der Waals surface area contributed by atoms with Crippen LogP contribution in [0.3, 0.4) is 0 Å². The molecule has 1 aliphatic heterocycles. The summed E-state index contributed by atoms with van der Waals surface area (Å²) in [5.74, 6) is 6.94. The van der Waals surface area contributed by atoms with E-state index in [2.05, 4.69) is 71.6 Å². The predicted octanol–water partition coefficient (Wildman–Crippen LogP) is 4.32. The van der Waals surface area contributed by atoms with E-state index in [0.29, 0.717) is 28.7 Å². The molecule has 0 radical (unpaired) electrons. The lowest BCUT2D eigenvalue weighted by Crippen LogP contribution is -2.63. The van der Waals surface area contributed by atoms with Crippen LogP contribution in [0.2, 0.25) is 0 Å². The number of rotatable bonds is 6. The molecule has 1 aliphatic carbocycles. The predicted molar refractivity (Wildman–Crippen MR) is 144 cm³/mol. The topological polar surface area (TPSA) is 82.4 Å². The van der Waals surface area contributed by atoms with Gasteiger partial charge in [-0.15, -0.1) is 0 Å². The maximum absolute atomic E-state index is 12.4. The molecule has 0 spiro atoms.